The van der Waals surface area contributed by atoms with Gasteiger partial charge in [-0.05, 0) is 92.8 Å². The molecule has 1 aliphatic carbocycles. The second-order valence-electron chi connectivity index (χ2n) is 9.72. The molecule has 1 aromatic heterocycles. The number of aromatic nitrogens is 1. The summed E-state index contributed by atoms with van der Waals surface area (Å²) >= 11 is 1.78. The monoisotopic (exact) mass is 456 g/mol. The van der Waals surface area contributed by atoms with Crippen LogP contribution in [0.1, 0.15) is 70.5 Å². The Hall–Kier alpha value is -2.57. The SMILES string of the molecule is C#CCN(c1nc(-c2cc(C)c(CC)cc2C)c(C)s1)C(CC1CC1)c1ccc(C)c(C)c1. The van der Waals surface area contributed by atoms with Crippen LogP contribution in [0.4, 0.5) is 5.13 Å². The minimum Gasteiger partial charge on any atom is -0.330 e. The minimum absolute atomic E-state index is 0.261. The second-order valence-corrected chi connectivity index (χ2v) is 10.9. The topological polar surface area (TPSA) is 16.1 Å². The quantitative estimate of drug-likeness (QED) is 0.320. The van der Waals surface area contributed by atoms with E-state index in [1.54, 1.807) is 11.3 Å². The van der Waals surface area contributed by atoms with Gasteiger partial charge in [0.25, 0.3) is 0 Å². The standard InChI is InChI=1S/C30H36N2S/c1-8-14-32(28(18-24-11-12-24)26-13-10-19(3)20(4)15-26)30-31-29(23(7)33-30)27-17-21(5)25(9-2)16-22(27)6/h1,10,13,15-17,24,28H,9,11-12,14,18H2,2-7H3. The predicted octanol–water partition coefficient (Wildman–Crippen LogP) is 7.90. The number of benzene rings is 2. The Labute approximate surface area is 204 Å². The van der Waals surface area contributed by atoms with Crippen LogP contribution in [0.15, 0.2) is 30.3 Å². The van der Waals surface area contributed by atoms with Crippen LogP contribution in [0.2, 0.25) is 0 Å². The summed E-state index contributed by atoms with van der Waals surface area (Å²) in [5.74, 6) is 3.73. The van der Waals surface area contributed by atoms with E-state index in [0.29, 0.717) is 6.54 Å². The summed E-state index contributed by atoms with van der Waals surface area (Å²) in [7, 11) is 0. The number of terminal acetylenes is 1. The highest BCUT2D eigenvalue weighted by Crippen LogP contribution is 2.44. The largest absolute Gasteiger partial charge is 0.330 e. The molecule has 3 aromatic rings. The Morgan fingerprint density at radius 1 is 1.03 bits per heavy atom. The van der Waals surface area contributed by atoms with Gasteiger partial charge < -0.3 is 4.90 Å². The lowest BCUT2D eigenvalue weighted by Crippen LogP contribution is -2.29. The first-order chi connectivity index (χ1) is 15.8. The Morgan fingerprint density at radius 3 is 2.42 bits per heavy atom. The summed E-state index contributed by atoms with van der Waals surface area (Å²) in [6.45, 7) is 13.8. The van der Waals surface area contributed by atoms with Gasteiger partial charge in [-0.3, -0.25) is 0 Å². The molecule has 4 rings (SSSR count). The number of hydrogen-bond donors (Lipinski definition) is 0. The summed E-state index contributed by atoms with van der Waals surface area (Å²) < 4.78 is 0. The summed E-state index contributed by atoms with van der Waals surface area (Å²) in [4.78, 5) is 8.85. The van der Waals surface area contributed by atoms with Gasteiger partial charge in [0.1, 0.15) is 0 Å². The highest BCUT2D eigenvalue weighted by atomic mass is 32.1. The van der Waals surface area contributed by atoms with E-state index in [1.807, 2.05) is 0 Å². The maximum absolute atomic E-state index is 5.90. The van der Waals surface area contributed by atoms with Crippen molar-refractivity contribution in [3.05, 3.63) is 68.6 Å². The molecule has 33 heavy (non-hydrogen) atoms. The highest BCUT2D eigenvalue weighted by molar-refractivity contribution is 7.16. The fourth-order valence-electron chi connectivity index (χ4n) is 4.76. The predicted molar refractivity (Wildman–Crippen MR) is 143 cm³/mol. The highest BCUT2D eigenvalue weighted by Gasteiger charge is 2.31. The van der Waals surface area contributed by atoms with Crippen LogP contribution in [0.5, 0.6) is 0 Å². The van der Waals surface area contributed by atoms with Crippen LogP contribution in [-0.4, -0.2) is 11.5 Å². The van der Waals surface area contributed by atoms with Crippen LogP contribution in [0, 0.1) is 52.9 Å². The van der Waals surface area contributed by atoms with Crippen molar-refractivity contribution in [3.63, 3.8) is 0 Å². The lowest BCUT2D eigenvalue weighted by Gasteiger charge is -2.31. The van der Waals surface area contributed by atoms with Gasteiger partial charge in [-0.2, -0.15) is 0 Å². The molecule has 0 saturated heterocycles. The zero-order valence-electron chi connectivity index (χ0n) is 21.0. The van der Waals surface area contributed by atoms with E-state index in [2.05, 4.69) is 82.7 Å². The molecule has 0 N–H and O–H groups in total. The normalized spacial score (nSPS) is 14.2. The molecule has 0 spiro atoms. The van der Waals surface area contributed by atoms with Crippen LogP contribution < -0.4 is 4.90 Å². The summed E-state index contributed by atoms with van der Waals surface area (Å²) in [5.41, 5.74) is 10.4. The molecule has 1 saturated carbocycles. The number of hydrogen-bond acceptors (Lipinski definition) is 3. The maximum atomic E-state index is 5.90. The van der Waals surface area contributed by atoms with Gasteiger partial charge in [0, 0.05) is 10.4 Å². The van der Waals surface area contributed by atoms with Crippen LogP contribution in [-0.2, 0) is 6.42 Å². The van der Waals surface area contributed by atoms with Gasteiger partial charge in [0.05, 0.1) is 18.3 Å². The van der Waals surface area contributed by atoms with Gasteiger partial charge in [0.15, 0.2) is 5.13 Å². The van der Waals surface area contributed by atoms with Crippen LogP contribution >= 0.6 is 11.3 Å². The third kappa shape index (κ3) is 5.02. The molecule has 0 amide bonds. The third-order valence-electron chi connectivity index (χ3n) is 7.16. The Morgan fingerprint density at radius 2 is 1.79 bits per heavy atom. The molecule has 1 heterocycles. The zero-order chi connectivity index (χ0) is 23.7. The van der Waals surface area contributed by atoms with Gasteiger partial charge in [-0.25, -0.2) is 4.98 Å². The molecular formula is C30H36N2S. The lowest BCUT2D eigenvalue weighted by molar-refractivity contribution is 0.556. The molecule has 1 aliphatic rings. The fraction of sp³-hybridized carbons (Fsp3) is 0.433. The van der Waals surface area contributed by atoms with Crippen LogP contribution in [0.3, 0.4) is 0 Å². The summed E-state index contributed by atoms with van der Waals surface area (Å²) in [5, 5.41) is 1.04. The molecule has 0 aliphatic heterocycles. The smallest absolute Gasteiger partial charge is 0.187 e. The lowest BCUT2D eigenvalue weighted by atomic mass is 9.96. The maximum Gasteiger partial charge on any atom is 0.187 e. The molecule has 1 fully saturated rings. The Balaban J connectivity index is 1.76. The van der Waals surface area contributed by atoms with E-state index in [4.69, 9.17) is 11.4 Å². The molecule has 0 bridgehead atoms. The molecule has 3 heteroatoms. The number of rotatable bonds is 8. The van der Waals surface area contributed by atoms with E-state index in [1.165, 1.54) is 56.7 Å². The molecule has 2 nitrogen and oxygen atoms in total. The van der Waals surface area contributed by atoms with Crippen molar-refractivity contribution in [2.24, 2.45) is 5.92 Å². The molecule has 1 unspecified atom stereocenters. The number of nitrogens with zero attached hydrogens (tertiary/aromatic N) is 2. The molecule has 1 atom stereocenters. The summed E-state index contributed by atoms with van der Waals surface area (Å²) in [6.07, 6.45) is 10.8. The van der Waals surface area contributed by atoms with Crippen molar-refractivity contribution in [2.75, 3.05) is 11.4 Å². The molecule has 172 valence electrons. The molecule has 2 aromatic carbocycles. The van der Waals surface area contributed by atoms with Gasteiger partial charge >= 0.3 is 0 Å². The van der Waals surface area contributed by atoms with Crippen molar-refractivity contribution in [1.29, 1.82) is 0 Å². The third-order valence-corrected chi connectivity index (χ3v) is 8.16. The van der Waals surface area contributed by atoms with Gasteiger partial charge in [0.2, 0.25) is 0 Å². The Bertz CT molecular complexity index is 1190. The van der Waals surface area contributed by atoms with Crippen molar-refractivity contribution < 1.29 is 0 Å². The first-order valence-electron chi connectivity index (χ1n) is 12.2. The van der Waals surface area contributed by atoms with Crippen molar-refractivity contribution in [2.45, 2.75) is 73.3 Å². The average molecular weight is 457 g/mol. The molecule has 0 radical (unpaired) electrons. The van der Waals surface area contributed by atoms with E-state index in [9.17, 15) is 0 Å². The van der Waals surface area contributed by atoms with E-state index in [0.717, 1.165) is 29.6 Å². The Kier molecular flexibility index (Phi) is 6.96. The first kappa shape index (κ1) is 23.6. The van der Waals surface area contributed by atoms with Gasteiger partial charge in [-0.15, -0.1) is 17.8 Å². The second kappa shape index (κ2) is 9.74. The first-order valence-corrected chi connectivity index (χ1v) is 13.0. The van der Waals surface area contributed by atoms with Crippen LogP contribution in [0.25, 0.3) is 11.3 Å². The summed E-state index contributed by atoms with van der Waals surface area (Å²) in [6, 6.07) is 11.8. The number of thiazole rings is 1. The van der Waals surface area contributed by atoms with E-state index < -0.39 is 0 Å². The zero-order valence-corrected chi connectivity index (χ0v) is 21.8. The van der Waals surface area contributed by atoms with E-state index >= 15 is 0 Å². The number of anilines is 1. The average Bonchev–Trinajstić information content (AvgIpc) is 3.53. The molecular weight excluding hydrogens is 420 g/mol. The van der Waals surface area contributed by atoms with Crippen molar-refractivity contribution >= 4 is 16.5 Å². The minimum atomic E-state index is 0.261. The number of aryl methyl sites for hydroxylation is 6. The van der Waals surface area contributed by atoms with E-state index in [-0.39, 0.29) is 6.04 Å². The van der Waals surface area contributed by atoms with Crippen molar-refractivity contribution in [3.8, 4) is 23.6 Å². The van der Waals surface area contributed by atoms with Crippen molar-refractivity contribution in [1.82, 2.24) is 4.98 Å². The fourth-order valence-corrected chi connectivity index (χ4v) is 5.73. The van der Waals surface area contributed by atoms with Gasteiger partial charge in [-0.1, -0.05) is 50.0 Å².